The minimum Gasteiger partial charge on any atom is -0.298 e. The summed E-state index contributed by atoms with van der Waals surface area (Å²) in [6.07, 6.45) is 0. The highest BCUT2D eigenvalue weighted by Gasteiger charge is 2.34. The van der Waals surface area contributed by atoms with Gasteiger partial charge in [-0.15, -0.1) is 11.8 Å². The van der Waals surface area contributed by atoms with Crippen LogP contribution in [0.25, 0.3) is 0 Å². The second-order valence-corrected chi connectivity index (χ2v) is 3.77. The first-order valence-electron chi connectivity index (χ1n) is 3.28. The van der Waals surface area contributed by atoms with Crippen molar-refractivity contribution >= 4 is 23.3 Å². The normalized spacial score (nSPS) is 32.8. The van der Waals surface area contributed by atoms with Gasteiger partial charge in [-0.3, -0.25) is 9.59 Å². The van der Waals surface area contributed by atoms with E-state index in [9.17, 15) is 9.59 Å². The molecule has 1 rings (SSSR count). The SMILES string of the molecule is CC(=O)[C@H]1SC[C@@H](C)C1=O. The Balaban J connectivity index is 2.66. The second kappa shape index (κ2) is 2.74. The molecule has 1 aliphatic rings. The van der Waals surface area contributed by atoms with E-state index < -0.39 is 0 Å². The summed E-state index contributed by atoms with van der Waals surface area (Å²) in [7, 11) is 0. The minimum absolute atomic E-state index is 0.000602. The van der Waals surface area contributed by atoms with E-state index in [2.05, 4.69) is 0 Å². The standard InChI is InChI=1S/C7H10O2S/c1-4-3-10-7(5(2)8)6(4)9/h4,7H,3H2,1-2H3/t4-,7-/m1/s1. The molecule has 1 saturated heterocycles. The van der Waals surface area contributed by atoms with Gasteiger partial charge in [-0.2, -0.15) is 0 Å². The molecule has 2 atom stereocenters. The Kier molecular flexibility index (Phi) is 2.14. The van der Waals surface area contributed by atoms with Gasteiger partial charge in [0.15, 0.2) is 5.78 Å². The van der Waals surface area contributed by atoms with Crippen molar-refractivity contribution in [2.45, 2.75) is 19.1 Å². The fraction of sp³-hybridized carbons (Fsp3) is 0.714. The largest absolute Gasteiger partial charge is 0.298 e. The summed E-state index contributed by atoms with van der Waals surface area (Å²) >= 11 is 1.47. The van der Waals surface area contributed by atoms with Gasteiger partial charge in [0, 0.05) is 11.7 Å². The number of thioether (sulfide) groups is 1. The maximum Gasteiger partial charge on any atom is 0.156 e. The highest BCUT2D eigenvalue weighted by atomic mass is 32.2. The van der Waals surface area contributed by atoms with Crippen LogP contribution in [0.4, 0.5) is 0 Å². The van der Waals surface area contributed by atoms with Gasteiger partial charge in [0.2, 0.25) is 0 Å². The first-order chi connectivity index (χ1) is 4.63. The van der Waals surface area contributed by atoms with Crippen molar-refractivity contribution in [3.8, 4) is 0 Å². The summed E-state index contributed by atoms with van der Waals surface area (Å²) in [5.41, 5.74) is 0. The van der Waals surface area contributed by atoms with Gasteiger partial charge < -0.3 is 0 Å². The van der Waals surface area contributed by atoms with Crippen LogP contribution in [0.1, 0.15) is 13.8 Å². The molecule has 0 amide bonds. The smallest absolute Gasteiger partial charge is 0.156 e. The average molecular weight is 158 g/mol. The fourth-order valence-corrected chi connectivity index (χ4v) is 2.26. The molecule has 0 unspecified atom stereocenters. The van der Waals surface area contributed by atoms with Crippen LogP contribution in [0.3, 0.4) is 0 Å². The quantitative estimate of drug-likeness (QED) is 0.532. The number of ketones is 2. The van der Waals surface area contributed by atoms with Crippen molar-refractivity contribution in [1.82, 2.24) is 0 Å². The first kappa shape index (κ1) is 7.79. The highest BCUT2D eigenvalue weighted by molar-refractivity contribution is 8.01. The van der Waals surface area contributed by atoms with Crippen LogP contribution < -0.4 is 0 Å². The van der Waals surface area contributed by atoms with Crippen molar-refractivity contribution in [3.05, 3.63) is 0 Å². The van der Waals surface area contributed by atoms with Gasteiger partial charge in [0.1, 0.15) is 11.0 Å². The fourth-order valence-electron chi connectivity index (χ4n) is 0.981. The molecule has 0 aliphatic carbocycles. The molecule has 0 spiro atoms. The van der Waals surface area contributed by atoms with Gasteiger partial charge in [-0.05, 0) is 6.92 Å². The van der Waals surface area contributed by atoms with E-state index in [1.165, 1.54) is 18.7 Å². The van der Waals surface area contributed by atoms with E-state index in [-0.39, 0.29) is 22.7 Å². The van der Waals surface area contributed by atoms with Crippen molar-refractivity contribution in [3.63, 3.8) is 0 Å². The average Bonchev–Trinajstić information content (AvgIpc) is 2.14. The molecule has 56 valence electrons. The monoisotopic (exact) mass is 158 g/mol. The van der Waals surface area contributed by atoms with Crippen molar-refractivity contribution in [1.29, 1.82) is 0 Å². The Morgan fingerprint density at radius 2 is 2.30 bits per heavy atom. The maximum atomic E-state index is 11.1. The van der Waals surface area contributed by atoms with Crippen molar-refractivity contribution < 1.29 is 9.59 Å². The van der Waals surface area contributed by atoms with Gasteiger partial charge >= 0.3 is 0 Å². The molecule has 1 heterocycles. The van der Waals surface area contributed by atoms with Crippen molar-refractivity contribution in [2.24, 2.45) is 5.92 Å². The van der Waals surface area contributed by atoms with E-state index in [0.29, 0.717) is 0 Å². The number of Topliss-reactive ketones (excluding diaryl/α,β-unsaturated/α-hetero) is 2. The van der Waals surface area contributed by atoms with E-state index >= 15 is 0 Å². The van der Waals surface area contributed by atoms with E-state index in [1.807, 2.05) is 6.92 Å². The number of carbonyl (C=O) groups is 2. The summed E-state index contributed by atoms with van der Waals surface area (Å²) < 4.78 is 0. The lowest BCUT2D eigenvalue weighted by Gasteiger charge is -2.00. The minimum atomic E-state index is -0.352. The molecule has 1 aliphatic heterocycles. The van der Waals surface area contributed by atoms with Gasteiger partial charge in [-0.25, -0.2) is 0 Å². The molecule has 10 heavy (non-hydrogen) atoms. The third-order valence-corrected chi connectivity index (χ3v) is 3.22. The van der Waals surface area contributed by atoms with Crippen LogP contribution in [-0.4, -0.2) is 22.6 Å². The van der Waals surface area contributed by atoms with E-state index in [1.54, 1.807) is 0 Å². The lowest BCUT2D eigenvalue weighted by molar-refractivity contribution is -0.126. The zero-order chi connectivity index (χ0) is 7.72. The molecule has 0 aromatic heterocycles. The Morgan fingerprint density at radius 3 is 2.50 bits per heavy atom. The van der Waals surface area contributed by atoms with Gasteiger partial charge in [-0.1, -0.05) is 6.92 Å². The summed E-state index contributed by atoms with van der Waals surface area (Å²) in [4.78, 5) is 21.9. The molecule has 3 heteroatoms. The molecule has 1 fully saturated rings. The predicted molar refractivity (Wildman–Crippen MR) is 41.1 cm³/mol. The van der Waals surface area contributed by atoms with Crippen LogP contribution in [0.5, 0.6) is 0 Å². The van der Waals surface area contributed by atoms with E-state index in [4.69, 9.17) is 0 Å². The molecule has 0 aromatic carbocycles. The van der Waals surface area contributed by atoms with Crippen LogP contribution in [-0.2, 0) is 9.59 Å². The second-order valence-electron chi connectivity index (χ2n) is 2.63. The van der Waals surface area contributed by atoms with Crippen LogP contribution in [0.15, 0.2) is 0 Å². The van der Waals surface area contributed by atoms with E-state index in [0.717, 1.165) is 5.75 Å². The first-order valence-corrected chi connectivity index (χ1v) is 4.33. The molecule has 0 radical (unpaired) electrons. The summed E-state index contributed by atoms with van der Waals surface area (Å²) in [6, 6.07) is 0. The maximum absolute atomic E-state index is 11.1. The van der Waals surface area contributed by atoms with Crippen LogP contribution >= 0.6 is 11.8 Å². The zero-order valence-electron chi connectivity index (χ0n) is 6.09. The molecule has 0 saturated carbocycles. The Morgan fingerprint density at radius 1 is 1.70 bits per heavy atom. The third-order valence-electron chi connectivity index (χ3n) is 1.63. The molecular formula is C7H10O2S. The summed E-state index contributed by atoms with van der Waals surface area (Å²) in [6.45, 7) is 3.35. The Hall–Kier alpha value is -0.310. The molecule has 0 N–H and O–H groups in total. The lowest BCUT2D eigenvalue weighted by atomic mass is 10.1. The van der Waals surface area contributed by atoms with Gasteiger partial charge in [0.05, 0.1) is 0 Å². The zero-order valence-corrected chi connectivity index (χ0v) is 6.90. The van der Waals surface area contributed by atoms with Crippen LogP contribution in [0.2, 0.25) is 0 Å². The molecular weight excluding hydrogens is 148 g/mol. The molecule has 0 aromatic rings. The van der Waals surface area contributed by atoms with Crippen molar-refractivity contribution in [2.75, 3.05) is 5.75 Å². The summed E-state index contributed by atoms with van der Waals surface area (Å²) in [5, 5.41) is -0.352. The number of hydrogen-bond donors (Lipinski definition) is 0. The molecule has 0 bridgehead atoms. The Bertz CT molecular complexity index is 176. The lowest BCUT2D eigenvalue weighted by Crippen LogP contribution is -2.22. The molecule has 2 nitrogen and oxygen atoms in total. The van der Waals surface area contributed by atoms with Gasteiger partial charge in [0.25, 0.3) is 0 Å². The third kappa shape index (κ3) is 1.24. The van der Waals surface area contributed by atoms with Crippen LogP contribution in [0, 0.1) is 5.92 Å². The number of carbonyl (C=O) groups excluding carboxylic acids is 2. The number of rotatable bonds is 1. The predicted octanol–water partition coefficient (Wildman–Crippen LogP) is 0.896. The summed E-state index contributed by atoms with van der Waals surface area (Å²) in [5.74, 6) is 0.999. The Labute approximate surface area is 64.4 Å². The topological polar surface area (TPSA) is 34.1 Å². The number of hydrogen-bond acceptors (Lipinski definition) is 3. The highest BCUT2D eigenvalue weighted by Crippen LogP contribution is 2.27.